The number of rotatable bonds is 12. The van der Waals surface area contributed by atoms with E-state index >= 15 is 0 Å². The van der Waals surface area contributed by atoms with Gasteiger partial charge in [-0.2, -0.15) is 10.1 Å². The number of amides is 4. The predicted molar refractivity (Wildman–Crippen MR) is 130 cm³/mol. The van der Waals surface area contributed by atoms with E-state index in [1.807, 2.05) is 6.07 Å². The van der Waals surface area contributed by atoms with Crippen LogP contribution in [0.15, 0.2) is 24.3 Å². The zero-order valence-electron chi connectivity index (χ0n) is 20.9. The number of piperidine rings is 1. The zero-order chi connectivity index (χ0) is 26.3. The molecule has 1 aromatic rings. The molecule has 0 aromatic heterocycles. The lowest BCUT2D eigenvalue weighted by atomic mass is 10.0. The van der Waals surface area contributed by atoms with Crippen molar-refractivity contribution in [2.75, 3.05) is 19.6 Å². The third-order valence-corrected chi connectivity index (χ3v) is 5.67. The van der Waals surface area contributed by atoms with Crippen LogP contribution in [0.4, 0.5) is 4.79 Å². The molecule has 0 saturated carbocycles. The summed E-state index contributed by atoms with van der Waals surface area (Å²) in [6.07, 6.45) is 2.98. The van der Waals surface area contributed by atoms with Crippen LogP contribution in [0.25, 0.3) is 0 Å². The van der Waals surface area contributed by atoms with E-state index in [-0.39, 0.29) is 24.8 Å². The van der Waals surface area contributed by atoms with Crippen LogP contribution in [0.1, 0.15) is 74.7 Å². The lowest BCUT2D eigenvalue weighted by molar-refractivity contribution is -0.303. The number of hydrogen-bond donors (Lipinski definition) is 3. The molecule has 36 heavy (non-hydrogen) atoms. The Morgan fingerprint density at radius 2 is 1.78 bits per heavy atom. The number of hydrogen-bond acceptors (Lipinski definition) is 7. The van der Waals surface area contributed by atoms with E-state index in [0.29, 0.717) is 50.0 Å². The number of likely N-dealkylation sites (tertiary alicyclic amines) is 1. The van der Waals surface area contributed by atoms with Crippen LogP contribution < -0.4 is 16.0 Å². The maximum Gasteiger partial charge on any atom is 0.339 e. The average molecular weight is 502 g/mol. The minimum absolute atomic E-state index is 0.126. The SMILES string of the molecule is CCCCNC(=O)NCCCCC(=O)N1CCC(OOC(C)=O)CC1NC(=O)c1ccc(C#N)cc1. The van der Waals surface area contributed by atoms with Gasteiger partial charge in [0, 0.05) is 45.0 Å². The van der Waals surface area contributed by atoms with E-state index in [1.54, 1.807) is 29.2 Å². The summed E-state index contributed by atoms with van der Waals surface area (Å²) in [4.78, 5) is 60.0. The number of nitrogens with zero attached hydrogens (tertiary/aromatic N) is 2. The molecule has 0 bridgehead atoms. The van der Waals surface area contributed by atoms with Crippen LogP contribution in [0.3, 0.4) is 0 Å². The van der Waals surface area contributed by atoms with Gasteiger partial charge < -0.3 is 20.9 Å². The molecule has 196 valence electrons. The van der Waals surface area contributed by atoms with Crippen molar-refractivity contribution in [2.45, 2.75) is 71.1 Å². The normalized spacial score (nSPS) is 17.0. The summed E-state index contributed by atoms with van der Waals surface area (Å²) in [6.45, 7) is 4.69. The van der Waals surface area contributed by atoms with Gasteiger partial charge in [-0.05, 0) is 49.9 Å². The summed E-state index contributed by atoms with van der Waals surface area (Å²) in [6, 6.07) is 7.97. The highest BCUT2D eigenvalue weighted by molar-refractivity contribution is 5.94. The van der Waals surface area contributed by atoms with Crippen molar-refractivity contribution in [3.05, 3.63) is 35.4 Å². The molecule has 2 rings (SSSR count). The Kier molecular flexibility index (Phi) is 12.2. The summed E-state index contributed by atoms with van der Waals surface area (Å²) >= 11 is 0. The molecule has 1 saturated heterocycles. The first kappa shape index (κ1) is 28.6. The van der Waals surface area contributed by atoms with E-state index in [2.05, 4.69) is 27.8 Å². The first-order valence-corrected chi connectivity index (χ1v) is 12.3. The zero-order valence-corrected chi connectivity index (χ0v) is 20.9. The molecule has 2 atom stereocenters. The molecule has 1 aliphatic rings. The van der Waals surface area contributed by atoms with Crippen LogP contribution in [0.2, 0.25) is 0 Å². The minimum Gasteiger partial charge on any atom is -0.338 e. The third kappa shape index (κ3) is 9.92. The van der Waals surface area contributed by atoms with Gasteiger partial charge in [-0.15, -0.1) is 0 Å². The summed E-state index contributed by atoms with van der Waals surface area (Å²) in [5.74, 6) is -1.11. The van der Waals surface area contributed by atoms with Gasteiger partial charge >= 0.3 is 12.0 Å². The first-order valence-electron chi connectivity index (χ1n) is 12.3. The highest BCUT2D eigenvalue weighted by Crippen LogP contribution is 2.21. The van der Waals surface area contributed by atoms with Gasteiger partial charge in [0.15, 0.2) is 0 Å². The Bertz CT molecular complexity index is 930. The molecule has 1 aliphatic heterocycles. The highest BCUT2D eigenvalue weighted by atomic mass is 17.2. The Balaban J connectivity index is 1.90. The smallest absolute Gasteiger partial charge is 0.338 e. The van der Waals surface area contributed by atoms with Gasteiger partial charge in [0.25, 0.3) is 5.91 Å². The quantitative estimate of drug-likeness (QED) is 0.226. The summed E-state index contributed by atoms with van der Waals surface area (Å²) in [7, 11) is 0. The topological polar surface area (TPSA) is 150 Å². The molecular formula is C25H35N5O6. The van der Waals surface area contributed by atoms with E-state index in [4.69, 9.17) is 10.1 Å². The second kappa shape index (κ2) is 15.4. The molecular weight excluding hydrogens is 466 g/mol. The van der Waals surface area contributed by atoms with Gasteiger partial charge in [-0.3, -0.25) is 14.5 Å². The molecule has 0 aliphatic carbocycles. The van der Waals surface area contributed by atoms with E-state index < -0.39 is 24.1 Å². The fourth-order valence-electron chi connectivity index (χ4n) is 3.71. The predicted octanol–water partition coefficient (Wildman–Crippen LogP) is 2.37. The molecule has 4 amide bonds. The number of benzene rings is 1. The number of urea groups is 1. The molecule has 3 N–H and O–H groups in total. The van der Waals surface area contributed by atoms with E-state index in [9.17, 15) is 19.2 Å². The largest absolute Gasteiger partial charge is 0.339 e. The van der Waals surface area contributed by atoms with Crippen molar-refractivity contribution in [3.63, 3.8) is 0 Å². The number of carbonyl (C=O) groups excluding carboxylic acids is 4. The van der Waals surface area contributed by atoms with E-state index in [0.717, 1.165) is 12.8 Å². The van der Waals surface area contributed by atoms with Crippen LogP contribution >= 0.6 is 0 Å². The second-order valence-corrected chi connectivity index (χ2v) is 8.58. The molecule has 1 heterocycles. The van der Waals surface area contributed by atoms with Gasteiger partial charge in [-0.25, -0.2) is 9.59 Å². The highest BCUT2D eigenvalue weighted by Gasteiger charge is 2.34. The number of unbranched alkanes of at least 4 members (excludes halogenated alkanes) is 2. The maximum absolute atomic E-state index is 13.0. The van der Waals surface area contributed by atoms with Crippen LogP contribution in [-0.2, 0) is 19.4 Å². The average Bonchev–Trinajstić information content (AvgIpc) is 2.87. The lowest BCUT2D eigenvalue weighted by Crippen LogP contribution is -2.56. The Morgan fingerprint density at radius 3 is 2.42 bits per heavy atom. The van der Waals surface area contributed by atoms with Crippen LogP contribution in [-0.4, -0.2) is 60.6 Å². The van der Waals surface area contributed by atoms with Crippen molar-refractivity contribution in [3.8, 4) is 6.07 Å². The van der Waals surface area contributed by atoms with Crippen molar-refractivity contribution in [1.82, 2.24) is 20.9 Å². The molecule has 0 spiro atoms. The molecule has 11 nitrogen and oxygen atoms in total. The van der Waals surface area contributed by atoms with Gasteiger partial charge in [0.1, 0.15) is 12.3 Å². The molecule has 1 aromatic carbocycles. The first-order chi connectivity index (χ1) is 17.3. The minimum atomic E-state index is -0.655. The van der Waals surface area contributed by atoms with Crippen LogP contribution in [0.5, 0.6) is 0 Å². The second-order valence-electron chi connectivity index (χ2n) is 8.58. The Labute approximate surface area is 211 Å². The fraction of sp³-hybridized carbons (Fsp3) is 0.560. The molecule has 1 fully saturated rings. The summed E-state index contributed by atoms with van der Waals surface area (Å²) in [5, 5.41) is 17.4. The molecule has 11 heteroatoms. The summed E-state index contributed by atoms with van der Waals surface area (Å²) < 4.78 is 0. The Hall–Kier alpha value is -3.65. The lowest BCUT2D eigenvalue weighted by Gasteiger charge is -2.39. The Morgan fingerprint density at radius 1 is 1.08 bits per heavy atom. The maximum atomic E-state index is 13.0. The third-order valence-electron chi connectivity index (χ3n) is 5.67. The van der Waals surface area contributed by atoms with Crippen molar-refractivity contribution in [2.24, 2.45) is 0 Å². The van der Waals surface area contributed by atoms with Gasteiger partial charge in [-0.1, -0.05) is 13.3 Å². The molecule has 2 unspecified atom stereocenters. The fourth-order valence-corrected chi connectivity index (χ4v) is 3.71. The van der Waals surface area contributed by atoms with Crippen molar-refractivity contribution < 1.29 is 29.0 Å². The van der Waals surface area contributed by atoms with Crippen molar-refractivity contribution >= 4 is 23.8 Å². The monoisotopic (exact) mass is 501 g/mol. The number of carbonyl (C=O) groups is 4. The van der Waals surface area contributed by atoms with Crippen molar-refractivity contribution in [1.29, 1.82) is 5.26 Å². The van der Waals surface area contributed by atoms with Gasteiger partial charge in [0.05, 0.1) is 11.6 Å². The number of nitriles is 1. The number of nitrogens with one attached hydrogen (secondary N) is 3. The van der Waals surface area contributed by atoms with Gasteiger partial charge in [0.2, 0.25) is 5.91 Å². The van der Waals surface area contributed by atoms with E-state index in [1.165, 1.54) is 6.92 Å². The summed E-state index contributed by atoms with van der Waals surface area (Å²) in [5.41, 5.74) is 0.788. The van der Waals surface area contributed by atoms with Crippen LogP contribution in [0, 0.1) is 11.3 Å². The molecule has 0 radical (unpaired) electrons. The standard InChI is InChI=1S/C25H35N5O6/c1-3-4-13-27-25(34)28-14-6-5-7-23(32)30-15-12-21(36-35-18(2)31)16-22(30)29-24(33)20-10-8-19(17-26)9-11-20/h8-11,21-22H,3-7,12-16H2,1-2H3,(H,29,33)(H2,27,28,34).